The molecular formula is C21H30N2O3S2. The number of carbonyl (C=O) groups is 1. The molecule has 2 aliphatic carbocycles. The van der Waals surface area contributed by atoms with Crippen molar-refractivity contribution < 1.29 is 13.2 Å². The van der Waals surface area contributed by atoms with E-state index in [0.29, 0.717) is 23.3 Å². The maximum atomic E-state index is 13.1. The number of nitrogens with zero attached hydrogens (tertiary/aromatic N) is 1. The molecule has 1 aromatic rings. The molecule has 1 N–H and O–H groups in total. The first-order valence-electron chi connectivity index (χ1n) is 10.4. The van der Waals surface area contributed by atoms with Crippen molar-refractivity contribution in [1.29, 1.82) is 0 Å². The van der Waals surface area contributed by atoms with Crippen LogP contribution >= 0.6 is 11.8 Å². The van der Waals surface area contributed by atoms with Crippen LogP contribution in [0.4, 0.5) is 0 Å². The van der Waals surface area contributed by atoms with Gasteiger partial charge >= 0.3 is 0 Å². The van der Waals surface area contributed by atoms with Crippen LogP contribution in [0.1, 0.15) is 55.8 Å². The highest BCUT2D eigenvalue weighted by Crippen LogP contribution is 2.44. The van der Waals surface area contributed by atoms with Gasteiger partial charge in [-0.1, -0.05) is 13.3 Å². The molecule has 1 aliphatic heterocycles. The predicted molar refractivity (Wildman–Crippen MR) is 112 cm³/mol. The minimum absolute atomic E-state index is 0.0479. The number of hydrogen-bond donors (Lipinski definition) is 1. The van der Waals surface area contributed by atoms with Crippen molar-refractivity contribution in [2.75, 3.05) is 19.3 Å². The van der Waals surface area contributed by atoms with Crippen molar-refractivity contribution in [3.63, 3.8) is 0 Å². The lowest BCUT2D eigenvalue weighted by Crippen LogP contribution is -2.39. The second kappa shape index (κ2) is 8.00. The van der Waals surface area contributed by atoms with Crippen molar-refractivity contribution in [1.82, 2.24) is 9.62 Å². The maximum Gasteiger partial charge on any atom is 0.255 e. The molecule has 0 spiro atoms. The molecule has 0 aromatic heterocycles. The first kappa shape index (κ1) is 20.2. The van der Waals surface area contributed by atoms with Crippen molar-refractivity contribution in [3.05, 3.63) is 23.8 Å². The zero-order valence-electron chi connectivity index (χ0n) is 16.7. The minimum atomic E-state index is -3.62. The molecule has 0 radical (unpaired) electrons. The first-order chi connectivity index (χ1) is 13.4. The molecule has 1 saturated heterocycles. The highest BCUT2D eigenvalue weighted by molar-refractivity contribution is 7.98. The smallest absolute Gasteiger partial charge is 0.255 e. The van der Waals surface area contributed by atoms with Crippen LogP contribution in [0.3, 0.4) is 0 Å². The monoisotopic (exact) mass is 422 g/mol. The third-order valence-corrected chi connectivity index (χ3v) is 9.11. The highest BCUT2D eigenvalue weighted by Gasteiger charge is 2.41. The largest absolute Gasteiger partial charge is 0.339 e. The number of hydrogen-bond acceptors (Lipinski definition) is 4. The predicted octanol–water partition coefficient (Wildman–Crippen LogP) is 3.75. The Morgan fingerprint density at radius 3 is 2.50 bits per heavy atom. The number of nitrogens with one attached hydrogen (secondary N) is 1. The van der Waals surface area contributed by atoms with Crippen LogP contribution in [-0.2, 0) is 10.0 Å². The average Bonchev–Trinajstić information content (AvgIpc) is 3.30. The van der Waals surface area contributed by atoms with Crippen LogP contribution in [0.15, 0.2) is 28.0 Å². The van der Waals surface area contributed by atoms with Gasteiger partial charge in [-0.15, -0.1) is 11.8 Å². The Bertz CT molecular complexity index is 847. The Balaban J connectivity index is 1.56. The SMILES string of the molecule is CSc1ccc(S(=O)(=O)N[C@@H]2C[C@H]3CC[C@H]2C3)cc1C(=O)N1CCC(C)CC1. The van der Waals surface area contributed by atoms with Gasteiger partial charge in [-0.25, -0.2) is 13.1 Å². The number of thioether (sulfide) groups is 1. The summed E-state index contributed by atoms with van der Waals surface area (Å²) in [5, 5.41) is 0. The fourth-order valence-electron chi connectivity index (χ4n) is 5.06. The lowest BCUT2D eigenvalue weighted by atomic mass is 9.96. The molecule has 1 heterocycles. The molecule has 28 heavy (non-hydrogen) atoms. The van der Waals surface area contributed by atoms with Gasteiger partial charge in [0.25, 0.3) is 5.91 Å². The topological polar surface area (TPSA) is 66.5 Å². The van der Waals surface area contributed by atoms with Gasteiger partial charge in [-0.05, 0) is 74.3 Å². The fraction of sp³-hybridized carbons (Fsp3) is 0.667. The molecule has 1 amide bonds. The summed E-state index contributed by atoms with van der Waals surface area (Å²) in [7, 11) is -3.62. The minimum Gasteiger partial charge on any atom is -0.339 e. The van der Waals surface area contributed by atoms with E-state index in [2.05, 4.69) is 11.6 Å². The molecule has 2 bridgehead atoms. The van der Waals surface area contributed by atoms with Gasteiger partial charge in [-0.2, -0.15) is 0 Å². The summed E-state index contributed by atoms with van der Waals surface area (Å²) in [6.07, 6.45) is 8.39. The standard InChI is InChI=1S/C21H30N2O3S2/c1-14-7-9-23(10-8-14)21(24)18-13-17(5-6-20(18)27-2)28(25,26)22-19-12-15-3-4-16(19)11-15/h5-6,13-16,19,22H,3-4,7-12H2,1-2H3/t15-,16-,19+/m0/s1. The van der Waals surface area contributed by atoms with E-state index in [1.165, 1.54) is 18.2 Å². The molecule has 4 rings (SSSR count). The Morgan fingerprint density at radius 2 is 1.89 bits per heavy atom. The van der Waals surface area contributed by atoms with E-state index in [1.807, 2.05) is 11.2 Å². The van der Waals surface area contributed by atoms with Gasteiger partial charge in [0.2, 0.25) is 10.0 Å². The summed E-state index contributed by atoms with van der Waals surface area (Å²) >= 11 is 1.49. The second-order valence-corrected chi connectivity index (χ2v) is 11.3. The third kappa shape index (κ3) is 3.98. The van der Waals surface area contributed by atoms with Gasteiger partial charge in [0, 0.05) is 24.0 Å². The fourth-order valence-corrected chi connectivity index (χ4v) is 6.97. The first-order valence-corrected chi connectivity index (χ1v) is 13.1. The van der Waals surface area contributed by atoms with Crippen LogP contribution in [0.25, 0.3) is 0 Å². The molecule has 5 nitrogen and oxygen atoms in total. The number of benzene rings is 1. The van der Waals surface area contributed by atoms with Gasteiger partial charge in [0.1, 0.15) is 0 Å². The summed E-state index contributed by atoms with van der Waals surface area (Å²) in [5.41, 5.74) is 0.512. The van der Waals surface area contributed by atoms with E-state index < -0.39 is 10.0 Å². The van der Waals surface area contributed by atoms with Crippen molar-refractivity contribution in [2.24, 2.45) is 17.8 Å². The van der Waals surface area contributed by atoms with E-state index in [-0.39, 0.29) is 16.8 Å². The van der Waals surface area contributed by atoms with Crippen LogP contribution in [-0.4, -0.2) is 44.6 Å². The molecular weight excluding hydrogens is 392 g/mol. The number of carbonyl (C=O) groups excluding carboxylic acids is 1. The number of rotatable bonds is 5. The quantitative estimate of drug-likeness (QED) is 0.734. The second-order valence-electron chi connectivity index (χ2n) is 8.74. The molecule has 3 atom stereocenters. The summed E-state index contributed by atoms with van der Waals surface area (Å²) in [4.78, 5) is 16.0. The summed E-state index contributed by atoms with van der Waals surface area (Å²) in [6.45, 7) is 3.70. The highest BCUT2D eigenvalue weighted by atomic mass is 32.2. The van der Waals surface area contributed by atoms with Gasteiger partial charge in [-0.3, -0.25) is 4.79 Å². The molecule has 7 heteroatoms. The Morgan fingerprint density at radius 1 is 1.14 bits per heavy atom. The van der Waals surface area contributed by atoms with E-state index >= 15 is 0 Å². The molecule has 3 fully saturated rings. The number of piperidine rings is 1. The third-order valence-electron chi connectivity index (χ3n) is 6.83. The average molecular weight is 423 g/mol. The lowest BCUT2D eigenvalue weighted by molar-refractivity contribution is 0.0693. The summed E-state index contributed by atoms with van der Waals surface area (Å²) in [5.74, 6) is 1.74. The van der Waals surface area contributed by atoms with E-state index in [1.54, 1.807) is 18.2 Å². The number of amides is 1. The molecule has 3 aliphatic rings. The Hall–Kier alpha value is -1.05. The molecule has 1 aromatic carbocycles. The summed E-state index contributed by atoms with van der Waals surface area (Å²) < 4.78 is 29.0. The van der Waals surface area contributed by atoms with Gasteiger partial charge in [0.15, 0.2) is 0 Å². The van der Waals surface area contributed by atoms with Crippen LogP contribution < -0.4 is 4.72 Å². The van der Waals surface area contributed by atoms with Gasteiger partial charge < -0.3 is 4.90 Å². The molecule has 2 saturated carbocycles. The lowest BCUT2D eigenvalue weighted by Gasteiger charge is -2.31. The van der Waals surface area contributed by atoms with Crippen molar-refractivity contribution >= 4 is 27.7 Å². The van der Waals surface area contributed by atoms with Crippen LogP contribution in [0.2, 0.25) is 0 Å². The number of sulfonamides is 1. The van der Waals surface area contributed by atoms with E-state index in [4.69, 9.17) is 0 Å². The van der Waals surface area contributed by atoms with Crippen molar-refractivity contribution in [3.8, 4) is 0 Å². The van der Waals surface area contributed by atoms with Crippen molar-refractivity contribution in [2.45, 2.75) is 61.3 Å². The Kier molecular flexibility index (Phi) is 5.78. The zero-order valence-corrected chi connectivity index (χ0v) is 18.3. The van der Waals surface area contributed by atoms with E-state index in [9.17, 15) is 13.2 Å². The van der Waals surface area contributed by atoms with Gasteiger partial charge in [0.05, 0.1) is 10.5 Å². The van der Waals surface area contributed by atoms with Crippen LogP contribution in [0.5, 0.6) is 0 Å². The van der Waals surface area contributed by atoms with Crippen LogP contribution in [0, 0.1) is 17.8 Å². The van der Waals surface area contributed by atoms with E-state index in [0.717, 1.165) is 50.1 Å². The summed E-state index contributed by atoms with van der Waals surface area (Å²) in [6, 6.07) is 5.05. The number of likely N-dealkylation sites (tertiary alicyclic amines) is 1. The molecule has 0 unspecified atom stereocenters. The maximum absolute atomic E-state index is 13.1. The normalized spacial score (nSPS) is 28.1. The number of fused-ring (bicyclic) bond motifs is 2. The molecule has 154 valence electrons. The zero-order chi connectivity index (χ0) is 19.9. The Labute approximate surface area is 172 Å².